The lowest BCUT2D eigenvalue weighted by molar-refractivity contribution is 0.0423. The summed E-state index contributed by atoms with van der Waals surface area (Å²) in [5.41, 5.74) is 8.71. The topological polar surface area (TPSA) is 38.5 Å². The number of likely N-dealkylation sites (N-methyl/N-ethyl adjacent to an activating group) is 1. The molecule has 106 valence electrons. The van der Waals surface area contributed by atoms with Gasteiger partial charge in [0.05, 0.1) is 11.6 Å². The van der Waals surface area contributed by atoms with Crippen LogP contribution >= 0.6 is 0 Å². The SMILES string of the molecule is COC1CCCC(CN)(N(C)c2cccc(C)c2)C1. The van der Waals surface area contributed by atoms with Crippen molar-refractivity contribution in [1.82, 2.24) is 0 Å². The van der Waals surface area contributed by atoms with Crippen LogP contribution in [0.3, 0.4) is 0 Å². The van der Waals surface area contributed by atoms with Crippen LogP contribution in [0.15, 0.2) is 24.3 Å². The Hall–Kier alpha value is -1.06. The van der Waals surface area contributed by atoms with Crippen LogP contribution in [0.1, 0.15) is 31.2 Å². The lowest BCUT2D eigenvalue weighted by Gasteiger charge is -2.47. The summed E-state index contributed by atoms with van der Waals surface area (Å²) in [4.78, 5) is 2.37. The summed E-state index contributed by atoms with van der Waals surface area (Å²) >= 11 is 0. The molecule has 0 aliphatic heterocycles. The van der Waals surface area contributed by atoms with Crippen molar-refractivity contribution in [2.45, 2.75) is 44.2 Å². The monoisotopic (exact) mass is 262 g/mol. The third-order valence-electron chi connectivity index (χ3n) is 4.59. The first-order chi connectivity index (χ1) is 9.11. The van der Waals surface area contributed by atoms with Crippen LogP contribution in [-0.2, 0) is 4.74 Å². The predicted octanol–water partition coefficient (Wildman–Crippen LogP) is 2.72. The molecule has 0 amide bonds. The summed E-state index contributed by atoms with van der Waals surface area (Å²) in [7, 11) is 3.98. The fourth-order valence-corrected chi connectivity index (χ4v) is 3.23. The van der Waals surface area contributed by atoms with Crippen LogP contribution in [0.4, 0.5) is 5.69 Å². The number of nitrogens with two attached hydrogens (primary N) is 1. The van der Waals surface area contributed by atoms with E-state index < -0.39 is 0 Å². The molecule has 3 nitrogen and oxygen atoms in total. The van der Waals surface area contributed by atoms with Gasteiger partial charge in [0.15, 0.2) is 0 Å². The van der Waals surface area contributed by atoms with Gasteiger partial charge in [-0.2, -0.15) is 0 Å². The highest BCUT2D eigenvalue weighted by atomic mass is 16.5. The van der Waals surface area contributed by atoms with Gasteiger partial charge in [0, 0.05) is 26.4 Å². The Morgan fingerprint density at radius 1 is 1.47 bits per heavy atom. The molecule has 2 N–H and O–H groups in total. The van der Waals surface area contributed by atoms with E-state index in [1.807, 2.05) is 7.11 Å². The molecule has 1 aromatic carbocycles. The summed E-state index contributed by atoms with van der Waals surface area (Å²) in [6.07, 6.45) is 4.84. The van der Waals surface area contributed by atoms with E-state index in [1.54, 1.807) is 0 Å². The van der Waals surface area contributed by atoms with Crippen LogP contribution in [0.5, 0.6) is 0 Å². The molecule has 1 fully saturated rings. The van der Waals surface area contributed by atoms with E-state index >= 15 is 0 Å². The van der Waals surface area contributed by atoms with Crippen LogP contribution in [-0.4, -0.2) is 32.3 Å². The van der Waals surface area contributed by atoms with Crippen molar-refractivity contribution in [2.75, 3.05) is 25.6 Å². The van der Waals surface area contributed by atoms with Crippen molar-refractivity contribution in [1.29, 1.82) is 0 Å². The molecule has 0 spiro atoms. The molecule has 0 saturated heterocycles. The van der Waals surface area contributed by atoms with Crippen LogP contribution in [0.2, 0.25) is 0 Å². The van der Waals surface area contributed by atoms with Gasteiger partial charge >= 0.3 is 0 Å². The maximum Gasteiger partial charge on any atom is 0.0594 e. The van der Waals surface area contributed by atoms with Crippen molar-refractivity contribution in [3.05, 3.63) is 29.8 Å². The number of hydrogen-bond donors (Lipinski definition) is 1. The summed E-state index contributed by atoms with van der Waals surface area (Å²) in [5.74, 6) is 0. The lowest BCUT2D eigenvalue weighted by Crippen LogP contribution is -2.56. The van der Waals surface area contributed by atoms with Gasteiger partial charge in [-0.3, -0.25) is 0 Å². The van der Waals surface area contributed by atoms with Crippen molar-refractivity contribution in [3.8, 4) is 0 Å². The summed E-state index contributed by atoms with van der Waals surface area (Å²) in [6.45, 7) is 2.81. The van der Waals surface area contributed by atoms with Crippen LogP contribution < -0.4 is 10.6 Å². The second kappa shape index (κ2) is 5.93. The zero-order valence-electron chi connectivity index (χ0n) is 12.4. The number of ether oxygens (including phenoxy) is 1. The molecular formula is C16H26N2O. The van der Waals surface area contributed by atoms with Gasteiger partial charge in [-0.05, 0) is 50.3 Å². The molecule has 1 aliphatic rings. The number of aryl methyl sites for hydroxylation is 1. The second-order valence-electron chi connectivity index (χ2n) is 5.78. The number of methoxy groups -OCH3 is 1. The van der Waals surface area contributed by atoms with Gasteiger partial charge in [0.2, 0.25) is 0 Å². The van der Waals surface area contributed by atoms with E-state index in [4.69, 9.17) is 10.5 Å². The molecule has 19 heavy (non-hydrogen) atoms. The molecule has 0 heterocycles. The molecule has 2 atom stereocenters. The number of rotatable bonds is 4. The Morgan fingerprint density at radius 3 is 2.89 bits per heavy atom. The Bertz CT molecular complexity index is 421. The van der Waals surface area contributed by atoms with E-state index in [-0.39, 0.29) is 5.54 Å². The smallest absolute Gasteiger partial charge is 0.0594 e. The third-order valence-corrected chi connectivity index (χ3v) is 4.59. The van der Waals surface area contributed by atoms with Gasteiger partial charge in [-0.15, -0.1) is 0 Å². The molecule has 1 aliphatic carbocycles. The van der Waals surface area contributed by atoms with E-state index in [2.05, 4.69) is 43.1 Å². The zero-order chi connectivity index (χ0) is 13.9. The lowest BCUT2D eigenvalue weighted by atomic mass is 9.78. The Balaban J connectivity index is 2.25. The minimum absolute atomic E-state index is 0.0344. The van der Waals surface area contributed by atoms with Gasteiger partial charge in [0.25, 0.3) is 0 Å². The normalized spacial score (nSPS) is 27.3. The number of benzene rings is 1. The minimum Gasteiger partial charge on any atom is -0.381 e. The van der Waals surface area contributed by atoms with Gasteiger partial charge in [-0.25, -0.2) is 0 Å². The van der Waals surface area contributed by atoms with Crippen LogP contribution in [0, 0.1) is 6.92 Å². The maximum absolute atomic E-state index is 6.13. The van der Waals surface area contributed by atoms with Crippen molar-refractivity contribution < 1.29 is 4.74 Å². The highest BCUT2D eigenvalue weighted by molar-refractivity contribution is 5.50. The molecule has 1 saturated carbocycles. The van der Waals surface area contributed by atoms with Gasteiger partial charge in [0.1, 0.15) is 0 Å². The molecule has 0 bridgehead atoms. The quantitative estimate of drug-likeness (QED) is 0.906. The van der Waals surface area contributed by atoms with Crippen molar-refractivity contribution >= 4 is 5.69 Å². The fraction of sp³-hybridized carbons (Fsp3) is 0.625. The molecule has 2 unspecified atom stereocenters. The Kier molecular flexibility index (Phi) is 4.48. The highest BCUT2D eigenvalue weighted by Crippen LogP contribution is 2.36. The summed E-state index contributed by atoms with van der Waals surface area (Å²) in [5, 5.41) is 0. The predicted molar refractivity (Wildman–Crippen MR) is 80.6 cm³/mol. The first kappa shape index (κ1) is 14.4. The third kappa shape index (κ3) is 2.93. The summed E-state index contributed by atoms with van der Waals surface area (Å²) < 4.78 is 5.58. The Labute approximate surface area is 116 Å². The number of anilines is 1. The number of nitrogens with zero attached hydrogens (tertiary/aromatic N) is 1. The van der Waals surface area contributed by atoms with Gasteiger partial charge < -0.3 is 15.4 Å². The fourth-order valence-electron chi connectivity index (χ4n) is 3.23. The van der Waals surface area contributed by atoms with E-state index in [9.17, 15) is 0 Å². The van der Waals surface area contributed by atoms with Crippen molar-refractivity contribution in [2.24, 2.45) is 5.73 Å². The first-order valence-corrected chi connectivity index (χ1v) is 7.15. The average Bonchev–Trinajstić information content (AvgIpc) is 2.46. The largest absolute Gasteiger partial charge is 0.381 e. The minimum atomic E-state index is 0.0344. The number of hydrogen-bond acceptors (Lipinski definition) is 3. The van der Waals surface area contributed by atoms with E-state index in [1.165, 1.54) is 17.7 Å². The maximum atomic E-state index is 6.13. The molecule has 1 aromatic rings. The molecule has 2 rings (SSSR count). The summed E-state index contributed by atoms with van der Waals surface area (Å²) in [6, 6.07) is 8.64. The first-order valence-electron chi connectivity index (χ1n) is 7.15. The van der Waals surface area contributed by atoms with E-state index in [0.29, 0.717) is 12.6 Å². The van der Waals surface area contributed by atoms with Crippen molar-refractivity contribution in [3.63, 3.8) is 0 Å². The van der Waals surface area contributed by atoms with Gasteiger partial charge in [-0.1, -0.05) is 12.1 Å². The van der Waals surface area contributed by atoms with E-state index in [0.717, 1.165) is 19.3 Å². The standard InChI is InChI=1S/C16H26N2O/c1-13-6-4-7-14(10-13)18(2)16(12-17)9-5-8-15(11-16)19-3/h4,6-7,10,15H,5,8-9,11-12,17H2,1-3H3. The van der Waals surface area contributed by atoms with Crippen LogP contribution in [0.25, 0.3) is 0 Å². The highest BCUT2D eigenvalue weighted by Gasteiger charge is 2.39. The zero-order valence-corrected chi connectivity index (χ0v) is 12.4. The molecular weight excluding hydrogens is 236 g/mol. The molecule has 0 aromatic heterocycles. The molecule has 3 heteroatoms. The Morgan fingerprint density at radius 2 is 2.26 bits per heavy atom. The average molecular weight is 262 g/mol. The molecule has 0 radical (unpaired) electrons. The second-order valence-corrected chi connectivity index (χ2v) is 5.78.